The lowest BCUT2D eigenvalue weighted by Gasteiger charge is -2.24. The van der Waals surface area contributed by atoms with Gasteiger partial charge in [-0.25, -0.2) is 9.18 Å². The second-order valence-electron chi connectivity index (χ2n) is 6.76. The van der Waals surface area contributed by atoms with Crippen LogP contribution in [0.5, 0.6) is 0 Å². The van der Waals surface area contributed by atoms with E-state index in [0.717, 1.165) is 34.5 Å². The number of hydrogen-bond acceptors (Lipinski definition) is 5. The van der Waals surface area contributed by atoms with Crippen LogP contribution in [-0.4, -0.2) is 47.9 Å². The van der Waals surface area contributed by atoms with Crippen LogP contribution >= 0.6 is 11.3 Å². The summed E-state index contributed by atoms with van der Waals surface area (Å²) >= 11 is 1.57. The summed E-state index contributed by atoms with van der Waals surface area (Å²) in [7, 11) is 0. The van der Waals surface area contributed by atoms with Crippen molar-refractivity contribution in [3.8, 4) is 0 Å². The van der Waals surface area contributed by atoms with E-state index in [4.69, 9.17) is 9.94 Å². The zero-order chi connectivity index (χ0) is 20.1. The Morgan fingerprint density at radius 2 is 2.14 bits per heavy atom. The minimum atomic E-state index is -0.870. The second kappa shape index (κ2) is 9.12. The number of carboxylic acids is 1. The van der Waals surface area contributed by atoms with E-state index in [9.17, 15) is 9.18 Å². The van der Waals surface area contributed by atoms with E-state index < -0.39 is 5.97 Å². The number of hydrogen-bond donors (Lipinski definition) is 1. The molecule has 0 atom stereocenters. The SMILES string of the molecule is Cc1cc(F)ccc1C(=NOCCN1CCC=C(C(=O)O)C1)c1sccc1C. The van der Waals surface area contributed by atoms with Crippen molar-refractivity contribution in [1.82, 2.24) is 4.90 Å². The van der Waals surface area contributed by atoms with Crippen LogP contribution in [0.15, 0.2) is 46.5 Å². The van der Waals surface area contributed by atoms with Crippen molar-refractivity contribution in [2.45, 2.75) is 20.3 Å². The molecule has 1 aromatic heterocycles. The van der Waals surface area contributed by atoms with Gasteiger partial charge in [0.05, 0.1) is 4.88 Å². The van der Waals surface area contributed by atoms with Gasteiger partial charge >= 0.3 is 5.97 Å². The molecule has 0 saturated carbocycles. The van der Waals surface area contributed by atoms with E-state index in [1.165, 1.54) is 12.1 Å². The summed E-state index contributed by atoms with van der Waals surface area (Å²) in [6, 6.07) is 6.65. The normalized spacial score (nSPS) is 15.4. The highest BCUT2D eigenvalue weighted by Crippen LogP contribution is 2.23. The van der Waals surface area contributed by atoms with Gasteiger partial charge < -0.3 is 9.94 Å². The third kappa shape index (κ3) is 4.85. The highest BCUT2D eigenvalue weighted by Gasteiger charge is 2.18. The van der Waals surface area contributed by atoms with E-state index in [2.05, 4.69) is 5.16 Å². The fourth-order valence-corrected chi connectivity index (χ4v) is 4.07. The quantitative estimate of drug-likeness (QED) is 0.432. The van der Waals surface area contributed by atoms with E-state index in [1.807, 2.05) is 30.2 Å². The minimum absolute atomic E-state index is 0.281. The molecule has 148 valence electrons. The standard InChI is InChI=1S/C21H23FN2O3S/c1-14-7-11-28-20(14)19(18-6-5-17(22)12-15(18)2)23-27-10-9-24-8-3-4-16(13-24)21(25)26/h4-7,11-12H,3,8-10,13H2,1-2H3,(H,25,26). The van der Waals surface area contributed by atoms with Crippen LogP contribution in [0.1, 0.15) is 28.0 Å². The van der Waals surface area contributed by atoms with Crippen molar-refractivity contribution in [3.05, 3.63) is 68.7 Å². The van der Waals surface area contributed by atoms with Gasteiger partial charge in [0.2, 0.25) is 0 Å². The van der Waals surface area contributed by atoms with Crippen LogP contribution < -0.4 is 0 Å². The zero-order valence-corrected chi connectivity index (χ0v) is 16.8. The maximum absolute atomic E-state index is 13.5. The Balaban J connectivity index is 1.71. The Hall–Kier alpha value is -2.51. The predicted molar refractivity (Wildman–Crippen MR) is 109 cm³/mol. The summed E-state index contributed by atoms with van der Waals surface area (Å²) in [5.41, 5.74) is 3.83. The Morgan fingerprint density at radius 3 is 2.82 bits per heavy atom. The first-order chi connectivity index (χ1) is 13.5. The number of nitrogens with zero attached hydrogens (tertiary/aromatic N) is 2. The fraction of sp³-hybridized carbons (Fsp3) is 0.333. The number of carbonyl (C=O) groups is 1. The molecule has 7 heteroatoms. The number of benzene rings is 1. The van der Waals surface area contributed by atoms with Crippen molar-refractivity contribution in [2.75, 3.05) is 26.2 Å². The van der Waals surface area contributed by atoms with Crippen LogP contribution in [0.3, 0.4) is 0 Å². The topological polar surface area (TPSA) is 62.1 Å². The lowest BCUT2D eigenvalue weighted by molar-refractivity contribution is -0.133. The van der Waals surface area contributed by atoms with Crippen LogP contribution in [-0.2, 0) is 9.63 Å². The largest absolute Gasteiger partial charge is 0.478 e. The molecular weight excluding hydrogens is 379 g/mol. The highest BCUT2D eigenvalue weighted by atomic mass is 32.1. The predicted octanol–water partition coefficient (Wildman–Crippen LogP) is 3.99. The van der Waals surface area contributed by atoms with Crippen LogP contribution in [0, 0.1) is 19.7 Å². The van der Waals surface area contributed by atoms with Gasteiger partial charge in [0.1, 0.15) is 18.1 Å². The van der Waals surface area contributed by atoms with E-state index in [1.54, 1.807) is 23.5 Å². The number of aryl methyl sites for hydroxylation is 2. The summed E-state index contributed by atoms with van der Waals surface area (Å²) < 4.78 is 13.5. The molecule has 3 rings (SSSR count). The fourth-order valence-electron chi connectivity index (χ4n) is 3.15. The van der Waals surface area contributed by atoms with Gasteiger partial charge in [-0.1, -0.05) is 11.2 Å². The minimum Gasteiger partial charge on any atom is -0.478 e. The first kappa shape index (κ1) is 20.2. The first-order valence-corrected chi connectivity index (χ1v) is 9.99. The lowest BCUT2D eigenvalue weighted by atomic mass is 10.0. The molecule has 0 spiro atoms. The highest BCUT2D eigenvalue weighted by molar-refractivity contribution is 7.12. The Labute approximate surface area is 167 Å². The number of halogens is 1. The molecule has 0 fully saturated rings. The van der Waals surface area contributed by atoms with Crippen LogP contribution in [0.2, 0.25) is 0 Å². The third-order valence-corrected chi connectivity index (χ3v) is 5.70. The summed E-state index contributed by atoms with van der Waals surface area (Å²) in [5.74, 6) is -1.15. The molecule has 28 heavy (non-hydrogen) atoms. The molecule has 0 aliphatic carbocycles. The van der Waals surface area contributed by atoms with Gasteiger partial charge in [-0.2, -0.15) is 0 Å². The molecule has 0 saturated heterocycles. The van der Waals surface area contributed by atoms with Crippen LogP contribution in [0.4, 0.5) is 4.39 Å². The second-order valence-corrected chi connectivity index (χ2v) is 7.68. The molecule has 1 aliphatic heterocycles. The van der Waals surface area contributed by atoms with Crippen molar-refractivity contribution in [2.24, 2.45) is 5.16 Å². The Bertz CT molecular complexity index is 920. The number of carboxylic acid groups (broad SMARTS) is 1. The molecule has 5 nitrogen and oxygen atoms in total. The van der Waals surface area contributed by atoms with E-state index >= 15 is 0 Å². The van der Waals surface area contributed by atoms with Gasteiger partial charge in [-0.3, -0.25) is 4.90 Å². The summed E-state index contributed by atoms with van der Waals surface area (Å²) in [6.07, 6.45) is 2.49. The van der Waals surface area contributed by atoms with Gasteiger partial charge in [0.25, 0.3) is 0 Å². The van der Waals surface area contributed by atoms with E-state index in [0.29, 0.717) is 31.0 Å². The summed E-state index contributed by atoms with van der Waals surface area (Å²) in [5, 5.41) is 15.5. The number of thiophene rings is 1. The summed E-state index contributed by atoms with van der Waals surface area (Å²) in [6.45, 7) is 6.01. The first-order valence-electron chi connectivity index (χ1n) is 9.11. The van der Waals surface area contributed by atoms with Crippen molar-refractivity contribution < 1.29 is 19.1 Å². The molecule has 0 radical (unpaired) electrons. The molecule has 1 N–H and O–H groups in total. The summed E-state index contributed by atoms with van der Waals surface area (Å²) in [4.78, 5) is 19.8. The number of oxime groups is 1. The molecular formula is C21H23FN2O3S. The van der Waals surface area contributed by atoms with Gasteiger partial charge in [-0.05, 0) is 61.0 Å². The lowest BCUT2D eigenvalue weighted by Crippen LogP contribution is -2.34. The molecule has 0 amide bonds. The Morgan fingerprint density at radius 1 is 1.32 bits per heavy atom. The molecule has 2 aromatic rings. The van der Waals surface area contributed by atoms with Crippen molar-refractivity contribution in [3.63, 3.8) is 0 Å². The molecule has 1 aromatic carbocycles. The molecule has 0 bridgehead atoms. The smallest absolute Gasteiger partial charge is 0.332 e. The van der Waals surface area contributed by atoms with Crippen molar-refractivity contribution in [1.29, 1.82) is 0 Å². The third-order valence-electron chi connectivity index (χ3n) is 4.68. The van der Waals surface area contributed by atoms with Gasteiger partial charge in [-0.15, -0.1) is 11.3 Å². The van der Waals surface area contributed by atoms with Crippen LogP contribution in [0.25, 0.3) is 0 Å². The zero-order valence-electron chi connectivity index (χ0n) is 15.9. The molecule has 1 aliphatic rings. The average Bonchev–Trinajstić information content (AvgIpc) is 3.08. The van der Waals surface area contributed by atoms with Crippen molar-refractivity contribution >= 4 is 23.0 Å². The van der Waals surface area contributed by atoms with Gasteiger partial charge in [0.15, 0.2) is 0 Å². The van der Waals surface area contributed by atoms with E-state index in [-0.39, 0.29) is 5.82 Å². The maximum Gasteiger partial charge on any atom is 0.332 e. The van der Waals surface area contributed by atoms with Gasteiger partial charge in [0, 0.05) is 30.8 Å². The molecule has 2 heterocycles. The number of aliphatic carboxylic acids is 1. The Kier molecular flexibility index (Phi) is 6.59. The monoisotopic (exact) mass is 402 g/mol. The molecule has 0 unspecified atom stereocenters. The number of rotatable bonds is 7. The maximum atomic E-state index is 13.5. The average molecular weight is 402 g/mol.